The van der Waals surface area contributed by atoms with Gasteiger partial charge in [0.25, 0.3) is 0 Å². The summed E-state index contributed by atoms with van der Waals surface area (Å²) in [4.78, 5) is 23.9. The van der Waals surface area contributed by atoms with Crippen molar-refractivity contribution < 1.29 is 9.59 Å². The second-order valence-corrected chi connectivity index (χ2v) is 3.42. The van der Waals surface area contributed by atoms with Crippen LogP contribution >= 0.6 is 0 Å². The average molecular weight is 218 g/mol. The van der Waals surface area contributed by atoms with Gasteiger partial charge in [0.1, 0.15) is 0 Å². The van der Waals surface area contributed by atoms with Crippen LogP contribution in [0.4, 0.5) is 5.69 Å². The maximum atomic E-state index is 11.4. The van der Waals surface area contributed by atoms with Crippen LogP contribution in [-0.2, 0) is 9.59 Å². The van der Waals surface area contributed by atoms with E-state index in [4.69, 9.17) is 0 Å². The van der Waals surface area contributed by atoms with Gasteiger partial charge >= 0.3 is 0 Å². The zero-order chi connectivity index (χ0) is 12.0. The molecule has 0 radical (unpaired) electrons. The molecule has 1 aromatic rings. The molecule has 0 bridgehead atoms. The number of hydrogen-bond donors (Lipinski definition) is 1. The molecule has 1 rings (SSSR count). The molecule has 2 amide bonds. The average Bonchev–Trinajstić information content (AvgIpc) is 2.27. The monoisotopic (exact) mass is 218 g/mol. The number of nitrogens with zero attached hydrogens (tertiary/aromatic N) is 1. The van der Waals surface area contributed by atoms with Gasteiger partial charge in [0.2, 0.25) is 11.8 Å². The normalized spacial score (nSPS) is 10.1. The van der Waals surface area contributed by atoms with E-state index in [1.54, 1.807) is 26.2 Å². The molecular formula is C12H14N2O2. The molecule has 0 saturated carbocycles. The van der Waals surface area contributed by atoms with Crippen LogP contribution in [-0.4, -0.2) is 30.8 Å². The highest BCUT2D eigenvalue weighted by molar-refractivity contribution is 6.03. The molecule has 4 heteroatoms. The molecule has 0 aromatic heterocycles. The molecule has 0 aliphatic rings. The molecule has 16 heavy (non-hydrogen) atoms. The van der Waals surface area contributed by atoms with Gasteiger partial charge in [-0.1, -0.05) is 18.2 Å². The molecule has 0 spiro atoms. The highest BCUT2D eigenvalue weighted by atomic mass is 16.2. The van der Waals surface area contributed by atoms with E-state index in [0.717, 1.165) is 0 Å². The van der Waals surface area contributed by atoms with Crippen LogP contribution in [0, 0.1) is 0 Å². The summed E-state index contributed by atoms with van der Waals surface area (Å²) in [7, 11) is 3.25. The standard InChI is InChI=1S/C12H14N2O2/c1-14(2)12(16)9-8-11(15)13-10-6-4-3-5-7-10/h3-9H,1-2H3,(H,13,15). The third kappa shape index (κ3) is 3.96. The summed E-state index contributed by atoms with van der Waals surface area (Å²) < 4.78 is 0. The van der Waals surface area contributed by atoms with Crippen LogP contribution in [0.1, 0.15) is 0 Å². The van der Waals surface area contributed by atoms with Crippen molar-refractivity contribution in [3.8, 4) is 0 Å². The molecule has 0 unspecified atom stereocenters. The van der Waals surface area contributed by atoms with Crippen LogP contribution < -0.4 is 5.32 Å². The largest absolute Gasteiger partial charge is 0.345 e. The topological polar surface area (TPSA) is 49.4 Å². The molecule has 0 heterocycles. The fourth-order valence-corrected chi connectivity index (χ4v) is 1.00. The molecule has 0 saturated heterocycles. The summed E-state index contributed by atoms with van der Waals surface area (Å²) in [5, 5.41) is 2.64. The van der Waals surface area contributed by atoms with Crippen LogP contribution in [0.2, 0.25) is 0 Å². The Hall–Kier alpha value is -2.10. The van der Waals surface area contributed by atoms with E-state index in [1.165, 1.54) is 17.1 Å². The van der Waals surface area contributed by atoms with Gasteiger partial charge in [-0.2, -0.15) is 0 Å². The minimum Gasteiger partial charge on any atom is -0.345 e. The lowest BCUT2D eigenvalue weighted by Crippen LogP contribution is -2.19. The number of benzene rings is 1. The maximum Gasteiger partial charge on any atom is 0.248 e. The smallest absolute Gasteiger partial charge is 0.248 e. The van der Waals surface area contributed by atoms with Crippen molar-refractivity contribution in [1.29, 1.82) is 0 Å². The highest BCUT2D eigenvalue weighted by Gasteiger charge is 2.00. The highest BCUT2D eigenvalue weighted by Crippen LogP contribution is 2.04. The Balaban J connectivity index is 2.52. The number of anilines is 1. The fraction of sp³-hybridized carbons (Fsp3) is 0.167. The minimum absolute atomic E-state index is 0.219. The van der Waals surface area contributed by atoms with Crippen molar-refractivity contribution in [1.82, 2.24) is 4.90 Å². The van der Waals surface area contributed by atoms with Crippen molar-refractivity contribution in [3.05, 3.63) is 42.5 Å². The number of rotatable bonds is 3. The lowest BCUT2D eigenvalue weighted by Gasteiger charge is -2.05. The predicted octanol–water partition coefficient (Wildman–Crippen LogP) is 1.27. The lowest BCUT2D eigenvalue weighted by atomic mass is 10.3. The van der Waals surface area contributed by atoms with E-state index in [1.807, 2.05) is 18.2 Å². The second kappa shape index (κ2) is 5.70. The van der Waals surface area contributed by atoms with E-state index in [0.29, 0.717) is 5.69 Å². The lowest BCUT2D eigenvalue weighted by molar-refractivity contribution is -0.124. The summed E-state index contributed by atoms with van der Waals surface area (Å²) >= 11 is 0. The van der Waals surface area contributed by atoms with Crippen LogP contribution in [0.25, 0.3) is 0 Å². The minimum atomic E-state index is -0.318. The second-order valence-electron chi connectivity index (χ2n) is 3.42. The first-order chi connectivity index (χ1) is 7.59. The van der Waals surface area contributed by atoms with E-state index in [9.17, 15) is 9.59 Å². The number of hydrogen-bond acceptors (Lipinski definition) is 2. The van der Waals surface area contributed by atoms with Gasteiger partial charge in [-0.3, -0.25) is 9.59 Å². The first-order valence-electron chi connectivity index (χ1n) is 4.85. The number of para-hydroxylation sites is 1. The first-order valence-corrected chi connectivity index (χ1v) is 4.85. The summed E-state index contributed by atoms with van der Waals surface area (Å²) in [5.41, 5.74) is 0.703. The fourth-order valence-electron chi connectivity index (χ4n) is 1.00. The number of carbonyl (C=O) groups is 2. The Bertz CT molecular complexity index is 397. The van der Waals surface area contributed by atoms with Crippen molar-refractivity contribution in [2.75, 3.05) is 19.4 Å². The van der Waals surface area contributed by atoms with Gasteiger partial charge in [-0.05, 0) is 12.1 Å². The molecule has 84 valence electrons. The van der Waals surface area contributed by atoms with E-state index in [2.05, 4.69) is 5.32 Å². The molecule has 0 atom stereocenters. The number of likely N-dealkylation sites (N-methyl/N-ethyl adjacent to an activating group) is 1. The van der Waals surface area contributed by atoms with Crippen molar-refractivity contribution in [2.45, 2.75) is 0 Å². The SMILES string of the molecule is CN(C)C(=O)C=CC(=O)Nc1ccccc1. The molecule has 0 aliphatic heterocycles. The van der Waals surface area contributed by atoms with Gasteiger partial charge in [0, 0.05) is 31.9 Å². The molecule has 1 N–H and O–H groups in total. The Morgan fingerprint density at radius 3 is 2.31 bits per heavy atom. The zero-order valence-corrected chi connectivity index (χ0v) is 9.31. The number of amides is 2. The van der Waals surface area contributed by atoms with Gasteiger partial charge in [-0.15, -0.1) is 0 Å². The summed E-state index contributed by atoms with van der Waals surface area (Å²) in [6.07, 6.45) is 2.45. The Morgan fingerprint density at radius 1 is 1.12 bits per heavy atom. The molecule has 1 aromatic carbocycles. The van der Waals surface area contributed by atoms with Gasteiger partial charge in [0.05, 0.1) is 0 Å². The zero-order valence-electron chi connectivity index (χ0n) is 9.31. The van der Waals surface area contributed by atoms with Gasteiger partial charge in [-0.25, -0.2) is 0 Å². The number of nitrogens with one attached hydrogen (secondary N) is 1. The van der Waals surface area contributed by atoms with E-state index in [-0.39, 0.29) is 11.8 Å². The molecular weight excluding hydrogens is 204 g/mol. The predicted molar refractivity (Wildman–Crippen MR) is 62.9 cm³/mol. The van der Waals surface area contributed by atoms with Gasteiger partial charge in [0.15, 0.2) is 0 Å². The quantitative estimate of drug-likeness (QED) is 0.777. The summed E-state index contributed by atoms with van der Waals surface area (Å²) in [6, 6.07) is 9.06. The van der Waals surface area contributed by atoms with Crippen LogP contribution in [0.5, 0.6) is 0 Å². The number of carbonyl (C=O) groups excluding carboxylic acids is 2. The summed E-state index contributed by atoms with van der Waals surface area (Å²) in [5.74, 6) is -0.537. The Morgan fingerprint density at radius 2 is 1.75 bits per heavy atom. The van der Waals surface area contributed by atoms with Crippen LogP contribution in [0.3, 0.4) is 0 Å². The third-order valence-electron chi connectivity index (χ3n) is 1.86. The summed E-state index contributed by atoms with van der Waals surface area (Å²) in [6.45, 7) is 0. The van der Waals surface area contributed by atoms with Crippen LogP contribution in [0.15, 0.2) is 42.5 Å². The Kier molecular flexibility index (Phi) is 4.27. The third-order valence-corrected chi connectivity index (χ3v) is 1.86. The maximum absolute atomic E-state index is 11.4. The molecule has 4 nitrogen and oxygen atoms in total. The van der Waals surface area contributed by atoms with E-state index >= 15 is 0 Å². The molecule has 0 fully saturated rings. The van der Waals surface area contributed by atoms with Crippen molar-refractivity contribution in [3.63, 3.8) is 0 Å². The Labute approximate surface area is 94.6 Å². The van der Waals surface area contributed by atoms with Crippen molar-refractivity contribution >= 4 is 17.5 Å². The van der Waals surface area contributed by atoms with E-state index < -0.39 is 0 Å². The van der Waals surface area contributed by atoms with Gasteiger partial charge < -0.3 is 10.2 Å². The van der Waals surface area contributed by atoms with Crippen molar-refractivity contribution in [2.24, 2.45) is 0 Å². The first kappa shape index (κ1) is 12.0. The molecule has 0 aliphatic carbocycles.